The summed E-state index contributed by atoms with van der Waals surface area (Å²) in [5.74, 6) is -0.973. The maximum Gasteiger partial charge on any atom is 0.255 e. The maximum atomic E-state index is 13.7. The Kier molecular flexibility index (Phi) is 4.27. The van der Waals surface area contributed by atoms with E-state index in [0.717, 1.165) is 0 Å². The Balaban J connectivity index is 2.18. The lowest BCUT2D eigenvalue weighted by atomic mass is 10.1. The fourth-order valence-corrected chi connectivity index (χ4v) is 1.91. The summed E-state index contributed by atoms with van der Waals surface area (Å²) in [5, 5.41) is 2.47. The first-order valence-electron chi connectivity index (χ1n) is 5.52. The average Bonchev–Trinajstić information content (AvgIpc) is 2.44. The van der Waals surface area contributed by atoms with E-state index in [9.17, 15) is 13.6 Å². The van der Waals surface area contributed by atoms with E-state index in [1.54, 1.807) is 12.1 Å². The molecule has 0 heterocycles. The van der Waals surface area contributed by atoms with Crippen molar-refractivity contribution < 1.29 is 13.6 Å². The van der Waals surface area contributed by atoms with Crippen LogP contribution in [0.3, 0.4) is 0 Å². The molecule has 0 bridgehead atoms. The zero-order chi connectivity index (χ0) is 13.8. The zero-order valence-corrected chi connectivity index (χ0v) is 11.4. The van der Waals surface area contributed by atoms with Gasteiger partial charge < -0.3 is 5.32 Å². The highest BCUT2D eigenvalue weighted by Gasteiger charge is 2.11. The number of halogens is 3. The van der Waals surface area contributed by atoms with Crippen LogP contribution in [0.4, 0.5) is 14.5 Å². The maximum absolute atomic E-state index is 13.7. The van der Waals surface area contributed by atoms with Crippen LogP contribution in [0.15, 0.2) is 46.9 Å². The van der Waals surface area contributed by atoms with Crippen LogP contribution in [0, 0.1) is 5.82 Å². The second-order valence-electron chi connectivity index (χ2n) is 3.89. The summed E-state index contributed by atoms with van der Waals surface area (Å²) in [6.07, 6.45) is 0. The van der Waals surface area contributed by atoms with Crippen LogP contribution >= 0.6 is 15.9 Å². The third kappa shape index (κ3) is 3.17. The molecule has 0 fully saturated rings. The molecule has 2 aromatic rings. The average molecular weight is 326 g/mol. The van der Waals surface area contributed by atoms with Crippen LogP contribution in [0.5, 0.6) is 0 Å². The van der Waals surface area contributed by atoms with Crippen molar-refractivity contribution in [1.29, 1.82) is 0 Å². The first-order chi connectivity index (χ1) is 9.11. The smallest absolute Gasteiger partial charge is 0.255 e. The van der Waals surface area contributed by atoms with Gasteiger partial charge in [0.15, 0.2) is 5.82 Å². The minimum absolute atomic E-state index is 0.0916. The molecule has 19 heavy (non-hydrogen) atoms. The van der Waals surface area contributed by atoms with Crippen LogP contribution in [0.25, 0.3) is 0 Å². The third-order valence-corrected chi connectivity index (χ3v) is 3.18. The summed E-state index contributed by atoms with van der Waals surface area (Å²) in [6, 6.07) is 10.7. The van der Waals surface area contributed by atoms with Gasteiger partial charge >= 0.3 is 0 Å². The molecule has 0 aliphatic carbocycles. The van der Waals surface area contributed by atoms with E-state index < -0.39 is 18.4 Å². The van der Waals surface area contributed by atoms with E-state index in [1.165, 1.54) is 30.3 Å². The fourth-order valence-electron chi connectivity index (χ4n) is 1.54. The van der Waals surface area contributed by atoms with Crippen LogP contribution in [-0.2, 0) is 6.67 Å². The minimum Gasteiger partial charge on any atom is -0.319 e. The standard InChI is InChI=1S/C14H10BrF2NO/c15-11-2-1-3-12(13(11)17)18-14(19)10-6-4-9(8-16)5-7-10/h1-7H,8H2,(H,18,19). The Labute approximate surface area is 117 Å². The lowest BCUT2D eigenvalue weighted by Crippen LogP contribution is -2.13. The molecule has 0 atom stereocenters. The Morgan fingerprint density at radius 3 is 2.47 bits per heavy atom. The Morgan fingerprint density at radius 2 is 1.84 bits per heavy atom. The molecule has 0 unspecified atom stereocenters. The molecule has 0 aromatic heterocycles. The molecule has 5 heteroatoms. The number of carbonyl (C=O) groups is 1. The lowest BCUT2D eigenvalue weighted by Gasteiger charge is -2.07. The van der Waals surface area contributed by atoms with E-state index >= 15 is 0 Å². The van der Waals surface area contributed by atoms with Crippen molar-refractivity contribution >= 4 is 27.5 Å². The largest absolute Gasteiger partial charge is 0.319 e. The summed E-state index contributed by atoms with van der Waals surface area (Å²) >= 11 is 3.04. The van der Waals surface area contributed by atoms with Gasteiger partial charge in [-0.2, -0.15) is 0 Å². The first-order valence-corrected chi connectivity index (χ1v) is 6.31. The number of hydrogen-bond donors (Lipinski definition) is 1. The fraction of sp³-hybridized carbons (Fsp3) is 0.0714. The second kappa shape index (κ2) is 5.93. The van der Waals surface area contributed by atoms with E-state index in [0.29, 0.717) is 11.1 Å². The van der Waals surface area contributed by atoms with E-state index in [2.05, 4.69) is 21.2 Å². The van der Waals surface area contributed by atoms with Gasteiger partial charge in [0.05, 0.1) is 10.2 Å². The van der Waals surface area contributed by atoms with Crippen LogP contribution in [0.1, 0.15) is 15.9 Å². The summed E-state index contributed by atoms with van der Waals surface area (Å²) in [4.78, 5) is 11.9. The highest BCUT2D eigenvalue weighted by Crippen LogP contribution is 2.23. The molecule has 1 amide bonds. The molecule has 1 N–H and O–H groups in total. The number of benzene rings is 2. The van der Waals surface area contributed by atoms with Crippen LogP contribution in [-0.4, -0.2) is 5.91 Å². The first kappa shape index (κ1) is 13.7. The Morgan fingerprint density at radius 1 is 1.16 bits per heavy atom. The number of amides is 1. The Bertz CT molecular complexity index is 599. The van der Waals surface area contributed by atoms with E-state index in [-0.39, 0.29) is 10.2 Å². The van der Waals surface area contributed by atoms with Gasteiger partial charge in [-0.15, -0.1) is 0 Å². The molecule has 2 nitrogen and oxygen atoms in total. The van der Waals surface area contributed by atoms with Gasteiger partial charge in [-0.1, -0.05) is 18.2 Å². The number of nitrogens with one attached hydrogen (secondary N) is 1. The van der Waals surface area contributed by atoms with Crippen molar-refractivity contribution in [2.75, 3.05) is 5.32 Å². The van der Waals surface area contributed by atoms with Crippen molar-refractivity contribution in [3.05, 3.63) is 63.9 Å². The predicted octanol–water partition coefficient (Wildman–Crippen LogP) is 4.31. The SMILES string of the molecule is O=C(Nc1cccc(Br)c1F)c1ccc(CF)cc1. The number of alkyl halides is 1. The number of carbonyl (C=O) groups excluding carboxylic acids is 1. The molecule has 0 aliphatic heterocycles. The van der Waals surface area contributed by atoms with Gasteiger partial charge in [0.25, 0.3) is 5.91 Å². The van der Waals surface area contributed by atoms with Crippen molar-refractivity contribution in [3.8, 4) is 0 Å². The van der Waals surface area contributed by atoms with Gasteiger partial charge in [0.1, 0.15) is 6.67 Å². The van der Waals surface area contributed by atoms with Crippen molar-refractivity contribution in [3.63, 3.8) is 0 Å². The second-order valence-corrected chi connectivity index (χ2v) is 4.74. The van der Waals surface area contributed by atoms with Gasteiger partial charge in [0, 0.05) is 5.56 Å². The highest BCUT2D eigenvalue weighted by molar-refractivity contribution is 9.10. The predicted molar refractivity (Wildman–Crippen MR) is 73.3 cm³/mol. The van der Waals surface area contributed by atoms with Crippen molar-refractivity contribution in [2.45, 2.75) is 6.67 Å². The minimum atomic E-state index is -0.581. The molecule has 2 aromatic carbocycles. The van der Waals surface area contributed by atoms with Gasteiger partial charge in [-0.25, -0.2) is 8.78 Å². The third-order valence-electron chi connectivity index (χ3n) is 2.57. The number of rotatable bonds is 3. The molecule has 0 saturated heterocycles. The molecule has 0 aliphatic rings. The van der Waals surface area contributed by atoms with Gasteiger partial charge in [0.2, 0.25) is 0 Å². The topological polar surface area (TPSA) is 29.1 Å². The summed E-state index contributed by atoms with van der Waals surface area (Å²) < 4.78 is 26.3. The van der Waals surface area contributed by atoms with Crippen LogP contribution < -0.4 is 5.32 Å². The molecular formula is C14H10BrF2NO. The number of anilines is 1. The molecular weight excluding hydrogens is 316 g/mol. The lowest BCUT2D eigenvalue weighted by molar-refractivity contribution is 0.102. The molecule has 0 spiro atoms. The molecule has 0 radical (unpaired) electrons. The summed E-state index contributed by atoms with van der Waals surface area (Å²) in [5.41, 5.74) is 0.927. The van der Waals surface area contributed by atoms with Gasteiger partial charge in [-0.05, 0) is 45.8 Å². The van der Waals surface area contributed by atoms with Crippen LogP contribution in [0.2, 0.25) is 0 Å². The van der Waals surface area contributed by atoms with Crippen molar-refractivity contribution in [1.82, 2.24) is 0 Å². The quantitative estimate of drug-likeness (QED) is 0.895. The highest BCUT2D eigenvalue weighted by atomic mass is 79.9. The number of hydrogen-bond acceptors (Lipinski definition) is 1. The molecule has 0 saturated carbocycles. The van der Waals surface area contributed by atoms with Gasteiger partial charge in [-0.3, -0.25) is 4.79 Å². The van der Waals surface area contributed by atoms with Crippen molar-refractivity contribution in [2.24, 2.45) is 0 Å². The zero-order valence-electron chi connectivity index (χ0n) is 9.79. The van der Waals surface area contributed by atoms with E-state index in [1.807, 2.05) is 0 Å². The summed E-state index contributed by atoms with van der Waals surface area (Å²) in [6.45, 7) is -0.581. The molecule has 98 valence electrons. The molecule has 2 rings (SSSR count). The normalized spacial score (nSPS) is 10.3. The van der Waals surface area contributed by atoms with E-state index in [4.69, 9.17) is 0 Å². The monoisotopic (exact) mass is 325 g/mol. The Hall–Kier alpha value is -1.75. The summed E-state index contributed by atoms with van der Waals surface area (Å²) in [7, 11) is 0.